The molecule has 0 rings (SSSR count). The lowest BCUT2D eigenvalue weighted by Gasteiger charge is -2.30. The van der Waals surface area contributed by atoms with Gasteiger partial charge in [0.1, 0.15) is 19.3 Å². The summed E-state index contributed by atoms with van der Waals surface area (Å²) in [5.74, 6) is -0.554. The zero-order valence-electron chi connectivity index (χ0n) is 56.3. The van der Waals surface area contributed by atoms with E-state index in [1.54, 1.807) is 0 Å². The number of amides is 1. The first-order chi connectivity index (χ1) is 41.4. The van der Waals surface area contributed by atoms with E-state index in [0.717, 1.165) is 109 Å². The predicted octanol–water partition coefficient (Wildman–Crippen LogP) is 22.0. The Kier molecular flexibility index (Phi) is 61.6. The van der Waals surface area contributed by atoms with Crippen molar-refractivity contribution in [3.8, 4) is 0 Å². The number of phosphoric ester groups is 1. The van der Waals surface area contributed by atoms with Crippen molar-refractivity contribution in [3.63, 3.8) is 0 Å². The smallest absolute Gasteiger partial charge is 0.306 e. The Morgan fingerprint density at radius 2 is 0.718 bits per heavy atom. The molecular formula is C75H135N2O7P. The number of rotatable bonds is 64. The number of unbranched alkanes of at least 4 members (excludes halogenated alkanes) is 34. The molecule has 0 aliphatic rings. The maximum absolute atomic E-state index is 13.6. The third-order valence-electron chi connectivity index (χ3n) is 15.5. The Morgan fingerprint density at radius 3 is 1.09 bits per heavy atom. The Morgan fingerprint density at radius 1 is 0.412 bits per heavy atom. The Balaban J connectivity index is 5.17. The van der Waals surface area contributed by atoms with Crippen LogP contribution in [0.4, 0.5) is 0 Å². The van der Waals surface area contributed by atoms with E-state index in [0.29, 0.717) is 23.9 Å². The number of ether oxygens (including phenoxy) is 1. The average Bonchev–Trinajstić information content (AvgIpc) is 3.52. The maximum atomic E-state index is 13.6. The molecular weight excluding hydrogens is 1070 g/mol. The molecule has 0 heterocycles. The lowest BCUT2D eigenvalue weighted by atomic mass is 10.0. The van der Waals surface area contributed by atoms with Crippen LogP contribution in [0.15, 0.2) is 97.2 Å². The van der Waals surface area contributed by atoms with E-state index in [-0.39, 0.29) is 24.9 Å². The van der Waals surface area contributed by atoms with Crippen LogP contribution < -0.4 is 10.2 Å². The van der Waals surface area contributed by atoms with Gasteiger partial charge in [-0.3, -0.25) is 14.2 Å². The number of hydrogen-bond donors (Lipinski definition) is 1. The number of carbonyl (C=O) groups excluding carboxylic acids is 2. The fourth-order valence-electron chi connectivity index (χ4n) is 9.98. The summed E-state index contributed by atoms with van der Waals surface area (Å²) < 4.78 is 30.5. The Hall–Kier alpha value is -3.07. The molecule has 0 aliphatic carbocycles. The van der Waals surface area contributed by atoms with Crippen molar-refractivity contribution in [2.75, 3.05) is 40.9 Å². The first-order valence-corrected chi connectivity index (χ1v) is 37.0. The van der Waals surface area contributed by atoms with E-state index < -0.39 is 26.6 Å². The van der Waals surface area contributed by atoms with Crippen LogP contribution in [0.5, 0.6) is 0 Å². The highest BCUT2D eigenvalue weighted by Crippen LogP contribution is 2.38. The van der Waals surface area contributed by atoms with E-state index in [1.807, 2.05) is 33.3 Å². The normalized spacial score (nSPS) is 14.1. The highest BCUT2D eigenvalue weighted by atomic mass is 31.2. The first-order valence-electron chi connectivity index (χ1n) is 35.5. The lowest BCUT2D eigenvalue weighted by Crippen LogP contribution is -2.47. The van der Waals surface area contributed by atoms with Gasteiger partial charge in [-0.25, -0.2) is 0 Å². The molecule has 0 saturated heterocycles. The van der Waals surface area contributed by atoms with E-state index in [2.05, 4.69) is 111 Å². The summed E-state index contributed by atoms with van der Waals surface area (Å²) >= 11 is 0. The number of esters is 1. The zero-order chi connectivity index (χ0) is 62.1. The predicted molar refractivity (Wildman–Crippen MR) is 367 cm³/mol. The SMILES string of the molecule is CCCCC/C=C\C/C=C\C/C=C\C/C=C\CCCCCCCCCC(=O)OC(/C=C/CCCCCCCCCCCCC)C(COP(=O)([O-])OCC[N+](C)(C)C)NC(=O)CCCCCCCCCCCC/C=C\C/C=C\C/C=C\CCCCC. The molecule has 492 valence electrons. The number of nitrogens with one attached hydrogen (secondary N) is 1. The van der Waals surface area contributed by atoms with E-state index in [1.165, 1.54) is 167 Å². The van der Waals surface area contributed by atoms with E-state index >= 15 is 0 Å². The molecule has 3 atom stereocenters. The highest BCUT2D eigenvalue weighted by Gasteiger charge is 2.27. The maximum Gasteiger partial charge on any atom is 0.306 e. The summed E-state index contributed by atoms with van der Waals surface area (Å²) in [6.45, 7) is 6.80. The van der Waals surface area contributed by atoms with Crippen molar-refractivity contribution in [1.82, 2.24) is 5.32 Å². The van der Waals surface area contributed by atoms with Gasteiger partial charge in [0.25, 0.3) is 7.82 Å². The number of quaternary nitrogens is 1. The molecule has 0 aromatic heterocycles. The number of phosphoric acid groups is 1. The van der Waals surface area contributed by atoms with Gasteiger partial charge in [-0.05, 0) is 115 Å². The molecule has 0 radical (unpaired) electrons. The minimum atomic E-state index is -4.71. The van der Waals surface area contributed by atoms with Gasteiger partial charge in [0.05, 0.1) is 33.8 Å². The second kappa shape index (κ2) is 63.9. The standard InChI is InChI=1S/C75H135N2O7P/c1-7-10-13-16-19-22-25-28-30-32-34-36-38-40-42-44-46-49-52-55-58-61-64-67-74(78)76-72(71-83-85(80,81)82-70-69-77(4,5)6)73(66-63-60-57-54-51-48-27-24-21-18-15-12-9-3)84-75(79)68-65-62-59-56-53-50-47-45-43-41-39-37-35-33-31-29-26-23-20-17-14-11-8-2/h19-20,22-23,28-31,34-37,41,43,63,66,72-73H,7-18,21,24-27,32-33,38-40,42,44-62,64-65,67-71H2,1-6H3,(H-,76,78,80,81)/b22-19-,23-20-,30-28-,31-29-,36-34-,37-35-,43-41-,66-63+. The Labute approximate surface area is 526 Å². The minimum Gasteiger partial charge on any atom is -0.756 e. The van der Waals surface area contributed by atoms with Gasteiger partial charge in [-0.15, -0.1) is 0 Å². The van der Waals surface area contributed by atoms with E-state index in [4.69, 9.17) is 13.8 Å². The number of likely N-dealkylation sites (N-methyl/N-ethyl adjacent to an activating group) is 1. The summed E-state index contributed by atoms with van der Waals surface area (Å²) in [5.41, 5.74) is 0. The monoisotopic (exact) mass is 1210 g/mol. The van der Waals surface area contributed by atoms with Gasteiger partial charge in [-0.2, -0.15) is 0 Å². The number of carbonyl (C=O) groups is 2. The van der Waals surface area contributed by atoms with Crippen LogP contribution in [0, 0.1) is 0 Å². The fourth-order valence-corrected chi connectivity index (χ4v) is 10.7. The first kappa shape index (κ1) is 81.9. The molecule has 1 amide bonds. The summed E-state index contributed by atoms with van der Waals surface area (Å²) in [4.78, 5) is 40.2. The van der Waals surface area contributed by atoms with Gasteiger partial charge in [0.2, 0.25) is 5.91 Å². The number of hydrogen-bond acceptors (Lipinski definition) is 7. The number of allylic oxidation sites excluding steroid dienone is 15. The summed E-state index contributed by atoms with van der Waals surface area (Å²) in [5, 5.41) is 3.04. The third kappa shape index (κ3) is 65.2. The van der Waals surface area contributed by atoms with Crippen molar-refractivity contribution in [1.29, 1.82) is 0 Å². The van der Waals surface area contributed by atoms with Crippen LogP contribution >= 0.6 is 7.82 Å². The quantitative estimate of drug-likeness (QED) is 0.0212. The number of nitrogens with zero attached hydrogens (tertiary/aromatic N) is 1. The third-order valence-corrected chi connectivity index (χ3v) is 16.5. The molecule has 0 fully saturated rings. The van der Waals surface area contributed by atoms with Gasteiger partial charge in [-0.1, -0.05) is 285 Å². The zero-order valence-corrected chi connectivity index (χ0v) is 57.2. The molecule has 0 saturated carbocycles. The average molecular weight is 1210 g/mol. The van der Waals surface area contributed by atoms with Crippen LogP contribution in [0.25, 0.3) is 0 Å². The molecule has 10 heteroatoms. The lowest BCUT2D eigenvalue weighted by molar-refractivity contribution is -0.870. The molecule has 3 unspecified atom stereocenters. The van der Waals surface area contributed by atoms with Crippen molar-refractivity contribution < 1.29 is 37.3 Å². The molecule has 0 spiro atoms. The fraction of sp³-hybridized carbons (Fsp3) is 0.760. The van der Waals surface area contributed by atoms with Gasteiger partial charge in [0.15, 0.2) is 0 Å². The van der Waals surface area contributed by atoms with Crippen LogP contribution in [0.1, 0.15) is 316 Å². The molecule has 9 nitrogen and oxygen atoms in total. The molecule has 85 heavy (non-hydrogen) atoms. The Bertz CT molecular complexity index is 1780. The topological polar surface area (TPSA) is 114 Å². The van der Waals surface area contributed by atoms with Crippen LogP contribution in [-0.4, -0.2) is 69.4 Å². The second-order valence-electron chi connectivity index (χ2n) is 25.0. The van der Waals surface area contributed by atoms with Gasteiger partial charge < -0.3 is 28.5 Å². The largest absolute Gasteiger partial charge is 0.756 e. The molecule has 0 aromatic rings. The van der Waals surface area contributed by atoms with Crippen LogP contribution in [-0.2, 0) is 27.9 Å². The second-order valence-corrected chi connectivity index (χ2v) is 26.4. The van der Waals surface area contributed by atoms with Crippen LogP contribution in [0.3, 0.4) is 0 Å². The minimum absolute atomic E-state index is 0.0287. The summed E-state index contributed by atoms with van der Waals surface area (Å²) in [6, 6.07) is -0.902. The highest BCUT2D eigenvalue weighted by molar-refractivity contribution is 7.45. The van der Waals surface area contributed by atoms with Crippen molar-refractivity contribution in [2.45, 2.75) is 328 Å². The molecule has 0 aliphatic heterocycles. The summed E-state index contributed by atoms with van der Waals surface area (Å²) in [7, 11) is 1.17. The van der Waals surface area contributed by atoms with Crippen LogP contribution in [0.2, 0.25) is 0 Å². The van der Waals surface area contributed by atoms with Crippen molar-refractivity contribution in [3.05, 3.63) is 97.2 Å². The summed E-state index contributed by atoms with van der Waals surface area (Å²) in [6.07, 6.45) is 86.6. The molecule has 0 bridgehead atoms. The van der Waals surface area contributed by atoms with E-state index in [9.17, 15) is 19.0 Å². The van der Waals surface area contributed by atoms with Gasteiger partial charge in [0, 0.05) is 12.8 Å². The molecule has 1 N–H and O–H groups in total. The van der Waals surface area contributed by atoms with Crippen molar-refractivity contribution in [2.24, 2.45) is 0 Å². The molecule has 0 aromatic carbocycles. The van der Waals surface area contributed by atoms with Gasteiger partial charge >= 0.3 is 5.97 Å². The van der Waals surface area contributed by atoms with Crippen molar-refractivity contribution >= 4 is 19.7 Å².